The molecule has 0 aliphatic rings. The molecule has 0 spiro atoms. The number of carbonyl (C=O) groups is 1. The molecular formula is C9H17NO. The molecule has 0 aromatic heterocycles. The van der Waals surface area contributed by atoms with Gasteiger partial charge in [-0.3, -0.25) is 4.79 Å². The molecule has 0 fully saturated rings. The van der Waals surface area contributed by atoms with Gasteiger partial charge in [0.05, 0.1) is 5.54 Å². The molecule has 0 atom stereocenters. The Morgan fingerprint density at radius 1 is 1.55 bits per heavy atom. The zero-order valence-corrected chi connectivity index (χ0v) is 7.39. The van der Waals surface area contributed by atoms with Gasteiger partial charge in [0, 0.05) is 6.42 Å². The van der Waals surface area contributed by atoms with E-state index in [0.29, 0.717) is 19.3 Å². The lowest BCUT2D eigenvalue weighted by Gasteiger charge is -2.23. The largest absolute Gasteiger partial charge is 0.319 e. The van der Waals surface area contributed by atoms with Crippen LogP contribution in [0.4, 0.5) is 0 Å². The van der Waals surface area contributed by atoms with Crippen molar-refractivity contribution in [3.05, 3.63) is 12.7 Å². The first-order chi connectivity index (χ1) is 5.10. The standard InChI is InChI=1S/C9H17NO/c1-4-7-8(11)9(10,5-2)6-3/h4H,1,5-7,10H2,2-3H3. The maximum absolute atomic E-state index is 11.3. The minimum absolute atomic E-state index is 0.0949. The Hall–Kier alpha value is -0.630. The zero-order chi connectivity index (χ0) is 8.91. The minimum atomic E-state index is -0.617. The van der Waals surface area contributed by atoms with Crippen molar-refractivity contribution in [2.24, 2.45) is 5.73 Å². The van der Waals surface area contributed by atoms with Gasteiger partial charge in [-0.1, -0.05) is 19.9 Å². The van der Waals surface area contributed by atoms with Gasteiger partial charge in [-0.2, -0.15) is 0 Å². The Balaban J connectivity index is 4.23. The summed E-state index contributed by atoms with van der Waals surface area (Å²) >= 11 is 0. The van der Waals surface area contributed by atoms with Crippen molar-refractivity contribution < 1.29 is 4.79 Å². The van der Waals surface area contributed by atoms with E-state index in [2.05, 4.69) is 6.58 Å². The van der Waals surface area contributed by atoms with Crippen LogP contribution in [0.2, 0.25) is 0 Å². The molecule has 64 valence electrons. The fraction of sp³-hybridized carbons (Fsp3) is 0.667. The summed E-state index contributed by atoms with van der Waals surface area (Å²) in [6.07, 6.45) is 3.40. The zero-order valence-electron chi connectivity index (χ0n) is 7.39. The maximum Gasteiger partial charge on any atom is 0.156 e. The number of Topliss-reactive ketones (excluding diaryl/α,β-unsaturated/α-hetero) is 1. The van der Waals surface area contributed by atoms with Crippen LogP contribution in [0.15, 0.2) is 12.7 Å². The van der Waals surface area contributed by atoms with Gasteiger partial charge in [0.2, 0.25) is 0 Å². The van der Waals surface area contributed by atoms with E-state index in [1.54, 1.807) is 6.08 Å². The number of hydrogen-bond donors (Lipinski definition) is 1. The van der Waals surface area contributed by atoms with Crippen molar-refractivity contribution in [3.63, 3.8) is 0 Å². The summed E-state index contributed by atoms with van der Waals surface area (Å²) in [6, 6.07) is 0. The lowest BCUT2D eigenvalue weighted by Crippen LogP contribution is -2.46. The highest BCUT2D eigenvalue weighted by Crippen LogP contribution is 2.14. The third kappa shape index (κ3) is 2.46. The smallest absolute Gasteiger partial charge is 0.156 e. The van der Waals surface area contributed by atoms with E-state index in [4.69, 9.17) is 5.73 Å². The summed E-state index contributed by atoms with van der Waals surface area (Å²) in [5.74, 6) is 0.0949. The Labute approximate surface area is 68.5 Å². The minimum Gasteiger partial charge on any atom is -0.319 e. The molecule has 2 N–H and O–H groups in total. The highest BCUT2D eigenvalue weighted by molar-refractivity contribution is 5.89. The van der Waals surface area contributed by atoms with Gasteiger partial charge >= 0.3 is 0 Å². The molecular weight excluding hydrogens is 138 g/mol. The van der Waals surface area contributed by atoms with Gasteiger partial charge in [0.25, 0.3) is 0 Å². The number of allylic oxidation sites excluding steroid dienone is 1. The fourth-order valence-electron chi connectivity index (χ4n) is 0.979. The Morgan fingerprint density at radius 2 is 2.00 bits per heavy atom. The second-order valence-electron chi connectivity index (χ2n) is 2.78. The molecule has 0 unspecified atom stereocenters. The number of hydrogen-bond acceptors (Lipinski definition) is 2. The second kappa shape index (κ2) is 4.29. The van der Waals surface area contributed by atoms with E-state index in [9.17, 15) is 4.79 Å². The summed E-state index contributed by atoms with van der Waals surface area (Å²) in [5.41, 5.74) is 5.21. The second-order valence-corrected chi connectivity index (χ2v) is 2.78. The van der Waals surface area contributed by atoms with Gasteiger partial charge < -0.3 is 5.73 Å². The molecule has 2 nitrogen and oxygen atoms in total. The Kier molecular flexibility index (Phi) is 4.04. The molecule has 0 bridgehead atoms. The van der Waals surface area contributed by atoms with E-state index >= 15 is 0 Å². The molecule has 0 heterocycles. The van der Waals surface area contributed by atoms with Crippen molar-refractivity contribution >= 4 is 5.78 Å². The predicted octanol–water partition coefficient (Wildman–Crippen LogP) is 1.65. The van der Waals surface area contributed by atoms with Crippen LogP contribution in [0.25, 0.3) is 0 Å². The first-order valence-electron chi connectivity index (χ1n) is 4.03. The highest BCUT2D eigenvalue weighted by atomic mass is 16.1. The molecule has 0 aromatic carbocycles. The average molecular weight is 155 g/mol. The fourth-order valence-corrected chi connectivity index (χ4v) is 0.979. The van der Waals surface area contributed by atoms with E-state index < -0.39 is 5.54 Å². The van der Waals surface area contributed by atoms with Crippen LogP contribution in [0.5, 0.6) is 0 Å². The summed E-state index contributed by atoms with van der Waals surface area (Å²) in [4.78, 5) is 11.3. The van der Waals surface area contributed by atoms with Crippen molar-refractivity contribution in [3.8, 4) is 0 Å². The quantitative estimate of drug-likeness (QED) is 0.613. The third-order valence-electron chi connectivity index (χ3n) is 2.15. The van der Waals surface area contributed by atoms with Gasteiger partial charge in [0.1, 0.15) is 0 Å². The van der Waals surface area contributed by atoms with Crippen LogP contribution in [-0.4, -0.2) is 11.3 Å². The Bertz CT molecular complexity index is 148. The summed E-state index contributed by atoms with van der Waals surface area (Å²) in [6.45, 7) is 7.38. The van der Waals surface area contributed by atoms with Gasteiger partial charge in [-0.05, 0) is 12.8 Å². The van der Waals surface area contributed by atoms with Crippen LogP contribution in [0.1, 0.15) is 33.1 Å². The predicted molar refractivity (Wildman–Crippen MR) is 47.3 cm³/mol. The average Bonchev–Trinajstić information content (AvgIpc) is 2.03. The van der Waals surface area contributed by atoms with Gasteiger partial charge in [-0.25, -0.2) is 0 Å². The van der Waals surface area contributed by atoms with Crippen molar-refractivity contribution in [2.45, 2.75) is 38.6 Å². The van der Waals surface area contributed by atoms with Crippen LogP contribution >= 0.6 is 0 Å². The molecule has 0 aliphatic heterocycles. The molecule has 0 aromatic rings. The Morgan fingerprint density at radius 3 is 2.27 bits per heavy atom. The molecule has 11 heavy (non-hydrogen) atoms. The van der Waals surface area contributed by atoms with Crippen molar-refractivity contribution in [1.82, 2.24) is 0 Å². The van der Waals surface area contributed by atoms with E-state index in [1.165, 1.54) is 0 Å². The van der Waals surface area contributed by atoms with Crippen molar-refractivity contribution in [1.29, 1.82) is 0 Å². The number of rotatable bonds is 5. The van der Waals surface area contributed by atoms with Gasteiger partial charge in [0.15, 0.2) is 5.78 Å². The lowest BCUT2D eigenvalue weighted by molar-refractivity contribution is -0.123. The molecule has 0 amide bonds. The van der Waals surface area contributed by atoms with E-state index in [0.717, 1.165) is 0 Å². The van der Waals surface area contributed by atoms with E-state index in [-0.39, 0.29) is 5.78 Å². The number of ketones is 1. The first-order valence-corrected chi connectivity index (χ1v) is 4.03. The first kappa shape index (κ1) is 10.4. The summed E-state index contributed by atoms with van der Waals surface area (Å²) in [5, 5.41) is 0. The summed E-state index contributed by atoms with van der Waals surface area (Å²) < 4.78 is 0. The third-order valence-corrected chi connectivity index (χ3v) is 2.15. The molecule has 2 heteroatoms. The number of nitrogens with two attached hydrogens (primary N) is 1. The number of carbonyl (C=O) groups excluding carboxylic acids is 1. The van der Waals surface area contributed by atoms with Crippen molar-refractivity contribution in [2.75, 3.05) is 0 Å². The molecule has 0 saturated heterocycles. The van der Waals surface area contributed by atoms with E-state index in [1.807, 2.05) is 13.8 Å². The van der Waals surface area contributed by atoms with Crippen LogP contribution < -0.4 is 5.73 Å². The maximum atomic E-state index is 11.3. The lowest BCUT2D eigenvalue weighted by atomic mass is 9.88. The van der Waals surface area contributed by atoms with Crippen LogP contribution in [0.3, 0.4) is 0 Å². The molecule has 0 radical (unpaired) electrons. The molecule has 0 rings (SSSR count). The monoisotopic (exact) mass is 155 g/mol. The molecule has 0 aliphatic carbocycles. The normalized spacial score (nSPS) is 11.2. The van der Waals surface area contributed by atoms with Crippen LogP contribution in [0, 0.1) is 0 Å². The van der Waals surface area contributed by atoms with Gasteiger partial charge in [-0.15, -0.1) is 6.58 Å². The topological polar surface area (TPSA) is 43.1 Å². The SMILES string of the molecule is C=CCC(=O)C(N)(CC)CC. The van der Waals surface area contributed by atoms with Crippen LogP contribution in [-0.2, 0) is 4.79 Å². The summed E-state index contributed by atoms with van der Waals surface area (Å²) in [7, 11) is 0. The molecule has 0 saturated carbocycles. The highest BCUT2D eigenvalue weighted by Gasteiger charge is 2.27.